The Bertz CT molecular complexity index is 171. The molecule has 8 heavy (non-hydrogen) atoms. The van der Waals surface area contributed by atoms with Gasteiger partial charge in [0.2, 0.25) is 0 Å². The number of nitrogens with zero attached hydrogens (tertiary/aromatic N) is 2. The van der Waals surface area contributed by atoms with Crippen molar-refractivity contribution in [3.05, 3.63) is 18.2 Å². The van der Waals surface area contributed by atoms with Crippen LogP contribution in [0, 0.1) is 6.92 Å². The van der Waals surface area contributed by atoms with Crippen LogP contribution < -0.4 is 0 Å². The highest BCUT2D eigenvalue weighted by Gasteiger charge is 1.86. The van der Waals surface area contributed by atoms with E-state index < -0.39 is 0 Å². The van der Waals surface area contributed by atoms with E-state index in [0.29, 0.717) is 0 Å². The minimum atomic E-state index is 1.07. The standard InChI is InChI=1S/C5H8N2S/c1-5-3-7(8-2)4-6-5/h3-4H,1-2H3. The van der Waals surface area contributed by atoms with Crippen molar-refractivity contribution in [3.63, 3.8) is 0 Å². The Balaban J connectivity index is 2.84. The minimum absolute atomic E-state index is 1.07. The molecule has 0 N–H and O–H groups in total. The smallest absolute Gasteiger partial charge is 0.105 e. The predicted molar refractivity (Wildman–Crippen MR) is 35.9 cm³/mol. The molecule has 0 bridgehead atoms. The molecule has 44 valence electrons. The van der Waals surface area contributed by atoms with E-state index in [9.17, 15) is 0 Å². The summed E-state index contributed by atoms with van der Waals surface area (Å²) in [4.78, 5) is 4.03. The monoisotopic (exact) mass is 128 g/mol. The molecule has 0 amide bonds. The molecule has 1 aromatic rings. The molecule has 0 fully saturated rings. The number of hydrogen-bond donors (Lipinski definition) is 0. The van der Waals surface area contributed by atoms with Gasteiger partial charge in [-0.1, -0.05) is 0 Å². The van der Waals surface area contributed by atoms with Gasteiger partial charge >= 0.3 is 0 Å². The molecule has 2 nitrogen and oxygen atoms in total. The van der Waals surface area contributed by atoms with Gasteiger partial charge in [-0.25, -0.2) is 4.98 Å². The van der Waals surface area contributed by atoms with Gasteiger partial charge in [0.15, 0.2) is 0 Å². The normalized spacial score (nSPS) is 9.75. The van der Waals surface area contributed by atoms with Crippen LogP contribution in [0.4, 0.5) is 0 Å². The summed E-state index contributed by atoms with van der Waals surface area (Å²) in [6.07, 6.45) is 5.81. The van der Waals surface area contributed by atoms with Crippen molar-refractivity contribution in [2.75, 3.05) is 6.26 Å². The van der Waals surface area contributed by atoms with Gasteiger partial charge in [0.1, 0.15) is 6.33 Å². The molecule has 0 saturated heterocycles. The fourth-order valence-electron chi connectivity index (χ4n) is 0.499. The van der Waals surface area contributed by atoms with Gasteiger partial charge in [-0.3, -0.25) is 3.97 Å². The van der Waals surface area contributed by atoms with Crippen molar-refractivity contribution < 1.29 is 0 Å². The van der Waals surface area contributed by atoms with Crippen LogP contribution in [0.3, 0.4) is 0 Å². The lowest BCUT2D eigenvalue weighted by atomic mass is 10.6. The third-order valence-electron chi connectivity index (χ3n) is 0.900. The fourth-order valence-corrected chi connectivity index (χ4v) is 0.898. The summed E-state index contributed by atoms with van der Waals surface area (Å²) >= 11 is 1.64. The molecule has 1 rings (SSSR count). The highest BCUT2D eigenvalue weighted by Crippen LogP contribution is 2.00. The Morgan fingerprint density at radius 1 is 1.75 bits per heavy atom. The van der Waals surface area contributed by atoms with E-state index in [2.05, 4.69) is 4.98 Å². The van der Waals surface area contributed by atoms with Crippen LogP contribution in [0.15, 0.2) is 12.5 Å². The Morgan fingerprint density at radius 3 is 2.75 bits per heavy atom. The van der Waals surface area contributed by atoms with Gasteiger partial charge in [0.25, 0.3) is 0 Å². The van der Waals surface area contributed by atoms with Gasteiger partial charge in [-0.15, -0.1) is 0 Å². The Labute approximate surface area is 53.1 Å². The largest absolute Gasteiger partial charge is 0.280 e. The first kappa shape index (κ1) is 5.69. The van der Waals surface area contributed by atoms with Crippen LogP contribution in [0.2, 0.25) is 0 Å². The zero-order valence-corrected chi connectivity index (χ0v) is 5.77. The van der Waals surface area contributed by atoms with Crippen molar-refractivity contribution in [2.24, 2.45) is 0 Å². The van der Waals surface area contributed by atoms with Crippen molar-refractivity contribution in [2.45, 2.75) is 6.92 Å². The van der Waals surface area contributed by atoms with Crippen LogP contribution in [-0.2, 0) is 0 Å². The van der Waals surface area contributed by atoms with E-state index in [1.807, 2.05) is 23.3 Å². The second kappa shape index (κ2) is 2.22. The van der Waals surface area contributed by atoms with E-state index in [1.165, 1.54) is 0 Å². The quantitative estimate of drug-likeness (QED) is 0.567. The lowest BCUT2D eigenvalue weighted by Crippen LogP contribution is -1.74. The highest BCUT2D eigenvalue weighted by atomic mass is 32.2. The van der Waals surface area contributed by atoms with Crippen LogP contribution >= 0.6 is 11.9 Å². The van der Waals surface area contributed by atoms with Gasteiger partial charge in [0.05, 0.1) is 5.69 Å². The van der Waals surface area contributed by atoms with Gasteiger partial charge in [-0.05, 0) is 18.9 Å². The van der Waals surface area contributed by atoms with E-state index >= 15 is 0 Å². The molecule has 3 heteroatoms. The third kappa shape index (κ3) is 1.04. The number of imidazole rings is 1. The first-order valence-corrected chi connectivity index (χ1v) is 3.56. The van der Waals surface area contributed by atoms with Gasteiger partial charge in [-0.2, -0.15) is 0 Å². The predicted octanol–water partition coefficient (Wildman–Crippen LogP) is 1.32. The Hall–Kier alpha value is -0.440. The third-order valence-corrected chi connectivity index (χ3v) is 1.52. The zero-order chi connectivity index (χ0) is 5.98. The first-order valence-electron chi connectivity index (χ1n) is 2.38. The second-order valence-electron chi connectivity index (χ2n) is 1.56. The lowest BCUT2D eigenvalue weighted by molar-refractivity contribution is 1.22. The second-order valence-corrected chi connectivity index (χ2v) is 2.34. The van der Waals surface area contributed by atoms with Crippen LogP contribution in [0.25, 0.3) is 0 Å². The number of rotatable bonds is 1. The molecule has 0 aliphatic rings. The van der Waals surface area contributed by atoms with Crippen molar-refractivity contribution in [1.29, 1.82) is 0 Å². The maximum atomic E-state index is 4.03. The summed E-state index contributed by atoms with van der Waals surface area (Å²) in [5.74, 6) is 0. The topological polar surface area (TPSA) is 17.8 Å². The Morgan fingerprint density at radius 2 is 2.50 bits per heavy atom. The van der Waals surface area contributed by atoms with Gasteiger partial charge in [0, 0.05) is 12.5 Å². The molecule has 1 aromatic heterocycles. The molecular formula is C5H8N2S. The molecule has 0 atom stereocenters. The minimum Gasteiger partial charge on any atom is -0.280 e. The summed E-state index contributed by atoms with van der Waals surface area (Å²) in [6, 6.07) is 0. The van der Waals surface area contributed by atoms with E-state index in [1.54, 1.807) is 18.3 Å². The molecule has 1 heterocycles. The van der Waals surface area contributed by atoms with Crippen molar-refractivity contribution >= 4 is 11.9 Å². The highest BCUT2D eigenvalue weighted by molar-refractivity contribution is 7.97. The van der Waals surface area contributed by atoms with E-state index in [-0.39, 0.29) is 0 Å². The molecule has 0 saturated carbocycles. The maximum absolute atomic E-state index is 4.03. The number of aromatic nitrogens is 2. The van der Waals surface area contributed by atoms with Crippen LogP contribution in [-0.4, -0.2) is 15.2 Å². The maximum Gasteiger partial charge on any atom is 0.105 e. The summed E-state index contributed by atoms with van der Waals surface area (Å²) < 4.78 is 1.97. The average molecular weight is 128 g/mol. The molecular weight excluding hydrogens is 120 g/mol. The first-order chi connectivity index (χ1) is 3.83. The molecule has 0 aliphatic heterocycles. The molecule has 0 unspecified atom stereocenters. The van der Waals surface area contributed by atoms with Crippen molar-refractivity contribution in [1.82, 2.24) is 8.96 Å². The van der Waals surface area contributed by atoms with Crippen LogP contribution in [0.5, 0.6) is 0 Å². The summed E-state index contributed by atoms with van der Waals surface area (Å²) in [5, 5.41) is 0. The summed E-state index contributed by atoms with van der Waals surface area (Å²) in [5.41, 5.74) is 1.07. The average Bonchev–Trinajstić information content (AvgIpc) is 2.14. The molecule has 0 radical (unpaired) electrons. The van der Waals surface area contributed by atoms with Gasteiger partial charge < -0.3 is 0 Å². The molecule has 0 aliphatic carbocycles. The summed E-state index contributed by atoms with van der Waals surface area (Å²) in [6.45, 7) is 1.98. The lowest BCUT2D eigenvalue weighted by Gasteiger charge is -1.87. The van der Waals surface area contributed by atoms with Crippen LogP contribution in [0.1, 0.15) is 5.69 Å². The molecule has 0 spiro atoms. The number of hydrogen-bond acceptors (Lipinski definition) is 2. The molecule has 0 aromatic carbocycles. The fraction of sp³-hybridized carbons (Fsp3) is 0.400. The van der Waals surface area contributed by atoms with E-state index in [4.69, 9.17) is 0 Å². The van der Waals surface area contributed by atoms with E-state index in [0.717, 1.165) is 5.69 Å². The summed E-state index contributed by atoms with van der Waals surface area (Å²) in [7, 11) is 0. The van der Waals surface area contributed by atoms with Crippen molar-refractivity contribution in [3.8, 4) is 0 Å². The SMILES string of the molecule is CSn1cnc(C)c1. The zero-order valence-electron chi connectivity index (χ0n) is 4.96. The number of aryl methyl sites for hydroxylation is 1. The Kier molecular flexibility index (Phi) is 1.58.